The zero-order chi connectivity index (χ0) is 15.3. The van der Waals surface area contributed by atoms with Gasteiger partial charge >= 0.3 is 0 Å². The number of rotatable bonds is 6. The SMILES string of the molecule is CCC1(C(=O)NCc2ccc(OC)c(OC)c2)CCCN1.Cl. The first-order valence-corrected chi connectivity index (χ1v) is 7.39. The first kappa shape index (κ1) is 18.6. The van der Waals surface area contributed by atoms with Crippen LogP contribution < -0.4 is 20.1 Å². The summed E-state index contributed by atoms with van der Waals surface area (Å²) in [5.41, 5.74) is 0.599. The fourth-order valence-corrected chi connectivity index (χ4v) is 2.80. The fraction of sp³-hybridized carbons (Fsp3) is 0.562. The zero-order valence-electron chi connectivity index (χ0n) is 13.4. The Morgan fingerprint density at radius 3 is 2.59 bits per heavy atom. The lowest BCUT2D eigenvalue weighted by Gasteiger charge is -2.26. The van der Waals surface area contributed by atoms with E-state index >= 15 is 0 Å². The van der Waals surface area contributed by atoms with E-state index in [-0.39, 0.29) is 18.3 Å². The molecule has 1 amide bonds. The molecule has 1 saturated heterocycles. The highest BCUT2D eigenvalue weighted by Crippen LogP contribution is 2.28. The molecule has 1 unspecified atom stereocenters. The Kier molecular flexibility index (Phi) is 6.97. The van der Waals surface area contributed by atoms with Crippen LogP contribution in [0.4, 0.5) is 0 Å². The predicted molar refractivity (Wildman–Crippen MR) is 88.9 cm³/mol. The van der Waals surface area contributed by atoms with Gasteiger partial charge in [0.2, 0.25) is 5.91 Å². The van der Waals surface area contributed by atoms with Crippen LogP contribution in [0, 0.1) is 0 Å². The Morgan fingerprint density at radius 1 is 1.32 bits per heavy atom. The number of halogens is 1. The molecule has 0 saturated carbocycles. The third-order valence-electron chi connectivity index (χ3n) is 4.18. The lowest BCUT2D eigenvalue weighted by atomic mass is 9.93. The maximum Gasteiger partial charge on any atom is 0.240 e. The number of ether oxygens (including phenoxy) is 2. The number of carbonyl (C=O) groups is 1. The molecule has 1 fully saturated rings. The van der Waals surface area contributed by atoms with Crippen LogP contribution in [0.3, 0.4) is 0 Å². The highest BCUT2D eigenvalue weighted by atomic mass is 35.5. The monoisotopic (exact) mass is 328 g/mol. The molecule has 0 aliphatic carbocycles. The lowest BCUT2D eigenvalue weighted by Crippen LogP contribution is -2.52. The second-order valence-corrected chi connectivity index (χ2v) is 5.34. The van der Waals surface area contributed by atoms with Crippen LogP contribution in [0.2, 0.25) is 0 Å². The molecule has 0 spiro atoms. The van der Waals surface area contributed by atoms with Crippen molar-refractivity contribution in [3.8, 4) is 11.5 Å². The van der Waals surface area contributed by atoms with Crippen molar-refractivity contribution in [2.45, 2.75) is 38.3 Å². The second-order valence-electron chi connectivity index (χ2n) is 5.34. The van der Waals surface area contributed by atoms with Gasteiger partial charge in [0.15, 0.2) is 11.5 Å². The van der Waals surface area contributed by atoms with Crippen molar-refractivity contribution in [2.24, 2.45) is 0 Å². The molecule has 1 aliphatic rings. The van der Waals surface area contributed by atoms with E-state index in [1.54, 1.807) is 14.2 Å². The normalized spacial score (nSPS) is 20.1. The van der Waals surface area contributed by atoms with Crippen molar-refractivity contribution in [1.29, 1.82) is 0 Å². The Balaban J connectivity index is 0.00000242. The Hall–Kier alpha value is -1.46. The summed E-state index contributed by atoms with van der Waals surface area (Å²) in [7, 11) is 3.21. The average molecular weight is 329 g/mol. The molecule has 6 heteroatoms. The number of benzene rings is 1. The first-order chi connectivity index (χ1) is 10.1. The number of amides is 1. The standard InChI is InChI=1S/C16H24N2O3.ClH/c1-4-16(8-5-9-18-16)15(19)17-11-12-6-7-13(20-2)14(10-12)21-3;/h6-7,10,18H,4-5,8-9,11H2,1-3H3,(H,17,19);1H. The third kappa shape index (κ3) is 3.84. The van der Waals surface area contributed by atoms with E-state index in [4.69, 9.17) is 9.47 Å². The van der Waals surface area contributed by atoms with Gasteiger partial charge < -0.3 is 20.1 Å². The smallest absolute Gasteiger partial charge is 0.240 e. The van der Waals surface area contributed by atoms with E-state index in [1.165, 1.54) is 0 Å². The molecule has 1 aliphatic heterocycles. The van der Waals surface area contributed by atoms with Crippen LogP contribution in [-0.4, -0.2) is 32.2 Å². The number of hydrogen-bond donors (Lipinski definition) is 2. The van der Waals surface area contributed by atoms with Crippen LogP contribution in [0.1, 0.15) is 31.7 Å². The first-order valence-electron chi connectivity index (χ1n) is 7.39. The molecule has 1 atom stereocenters. The molecule has 1 aromatic rings. The van der Waals surface area contributed by atoms with Crippen molar-refractivity contribution in [1.82, 2.24) is 10.6 Å². The molecule has 0 aromatic heterocycles. The number of carbonyl (C=O) groups excluding carboxylic acids is 1. The topological polar surface area (TPSA) is 59.6 Å². The molecule has 2 rings (SSSR count). The van der Waals surface area contributed by atoms with Gasteiger partial charge in [-0.05, 0) is 43.5 Å². The molecular formula is C16H25ClN2O3. The van der Waals surface area contributed by atoms with Gasteiger partial charge in [0.05, 0.1) is 19.8 Å². The van der Waals surface area contributed by atoms with E-state index in [0.717, 1.165) is 31.4 Å². The van der Waals surface area contributed by atoms with Crippen molar-refractivity contribution in [2.75, 3.05) is 20.8 Å². The minimum atomic E-state index is -0.392. The highest BCUT2D eigenvalue weighted by Gasteiger charge is 2.38. The van der Waals surface area contributed by atoms with Gasteiger partial charge in [-0.1, -0.05) is 13.0 Å². The summed E-state index contributed by atoms with van der Waals surface area (Å²) in [6.07, 6.45) is 2.77. The van der Waals surface area contributed by atoms with Gasteiger partial charge in [0.25, 0.3) is 0 Å². The van der Waals surface area contributed by atoms with Crippen LogP contribution in [-0.2, 0) is 11.3 Å². The lowest BCUT2D eigenvalue weighted by molar-refractivity contribution is -0.127. The van der Waals surface area contributed by atoms with Crippen molar-refractivity contribution in [3.63, 3.8) is 0 Å². The highest BCUT2D eigenvalue weighted by molar-refractivity contribution is 5.86. The minimum Gasteiger partial charge on any atom is -0.493 e. The summed E-state index contributed by atoms with van der Waals surface area (Å²) in [5.74, 6) is 1.45. The summed E-state index contributed by atoms with van der Waals surface area (Å²) < 4.78 is 10.5. The molecule has 22 heavy (non-hydrogen) atoms. The zero-order valence-corrected chi connectivity index (χ0v) is 14.2. The van der Waals surface area contributed by atoms with Crippen LogP contribution in [0.5, 0.6) is 11.5 Å². The predicted octanol–water partition coefficient (Wildman–Crippen LogP) is 2.27. The molecule has 0 bridgehead atoms. The van der Waals surface area contributed by atoms with E-state index in [0.29, 0.717) is 18.0 Å². The second kappa shape index (κ2) is 8.25. The maximum absolute atomic E-state index is 12.4. The Morgan fingerprint density at radius 2 is 2.05 bits per heavy atom. The third-order valence-corrected chi connectivity index (χ3v) is 4.18. The van der Waals surface area contributed by atoms with Gasteiger partial charge in [-0.2, -0.15) is 0 Å². The summed E-state index contributed by atoms with van der Waals surface area (Å²) in [5, 5.41) is 6.36. The van der Waals surface area contributed by atoms with Gasteiger partial charge in [-0.15, -0.1) is 12.4 Å². The Bertz CT molecular complexity index is 502. The van der Waals surface area contributed by atoms with Gasteiger partial charge in [0, 0.05) is 6.54 Å². The summed E-state index contributed by atoms with van der Waals surface area (Å²) >= 11 is 0. The number of methoxy groups -OCH3 is 2. The largest absolute Gasteiger partial charge is 0.493 e. The molecule has 1 aromatic carbocycles. The quantitative estimate of drug-likeness (QED) is 0.841. The average Bonchev–Trinajstić information content (AvgIpc) is 3.02. The van der Waals surface area contributed by atoms with E-state index in [9.17, 15) is 4.79 Å². The molecule has 0 radical (unpaired) electrons. The summed E-state index contributed by atoms with van der Waals surface area (Å²) in [4.78, 5) is 12.4. The molecule has 1 heterocycles. The number of hydrogen-bond acceptors (Lipinski definition) is 4. The van der Waals surface area contributed by atoms with Gasteiger partial charge in [0.1, 0.15) is 0 Å². The van der Waals surface area contributed by atoms with Gasteiger partial charge in [-0.3, -0.25) is 4.79 Å². The Labute approximate surface area is 138 Å². The maximum atomic E-state index is 12.4. The summed E-state index contributed by atoms with van der Waals surface area (Å²) in [6, 6.07) is 5.67. The van der Waals surface area contributed by atoms with Crippen molar-refractivity contribution in [3.05, 3.63) is 23.8 Å². The van der Waals surface area contributed by atoms with Crippen LogP contribution >= 0.6 is 12.4 Å². The van der Waals surface area contributed by atoms with Crippen molar-refractivity contribution >= 4 is 18.3 Å². The molecule has 2 N–H and O–H groups in total. The molecule has 124 valence electrons. The van der Waals surface area contributed by atoms with E-state index in [1.807, 2.05) is 25.1 Å². The minimum absolute atomic E-state index is 0. The van der Waals surface area contributed by atoms with Crippen molar-refractivity contribution < 1.29 is 14.3 Å². The van der Waals surface area contributed by atoms with E-state index < -0.39 is 5.54 Å². The fourth-order valence-electron chi connectivity index (χ4n) is 2.80. The summed E-state index contributed by atoms with van der Waals surface area (Å²) in [6.45, 7) is 3.45. The molecule has 5 nitrogen and oxygen atoms in total. The van der Waals surface area contributed by atoms with Crippen LogP contribution in [0.25, 0.3) is 0 Å². The molecular weight excluding hydrogens is 304 g/mol. The van der Waals surface area contributed by atoms with E-state index in [2.05, 4.69) is 10.6 Å². The van der Waals surface area contributed by atoms with Gasteiger partial charge in [-0.25, -0.2) is 0 Å². The van der Waals surface area contributed by atoms with Crippen LogP contribution in [0.15, 0.2) is 18.2 Å². The number of nitrogens with one attached hydrogen (secondary N) is 2.